The third-order valence-electron chi connectivity index (χ3n) is 3.11. The van der Waals surface area contributed by atoms with Crippen LogP contribution in [0.3, 0.4) is 0 Å². The molecule has 2 aromatic carbocycles. The van der Waals surface area contributed by atoms with Gasteiger partial charge in [-0.2, -0.15) is 5.10 Å². The lowest BCUT2D eigenvalue weighted by atomic mass is 10.2. The van der Waals surface area contributed by atoms with E-state index in [4.69, 9.17) is 14.2 Å². The van der Waals surface area contributed by atoms with Crippen LogP contribution in [-0.2, 0) is 0 Å². The third-order valence-corrected chi connectivity index (χ3v) is 3.11. The molecular weight excluding hydrogens is 284 g/mol. The minimum atomic E-state index is -0.322. The quantitative estimate of drug-likeness (QED) is 0.694. The summed E-state index contributed by atoms with van der Waals surface area (Å²) in [7, 11) is 1.59. The van der Waals surface area contributed by atoms with Crippen molar-refractivity contribution >= 4 is 12.1 Å². The summed E-state index contributed by atoms with van der Waals surface area (Å²) in [6, 6.07) is 12.3. The summed E-state index contributed by atoms with van der Waals surface area (Å²) in [5, 5.41) is 3.93. The Morgan fingerprint density at radius 3 is 2.95 bits per heavy atom. The van der Waals surface area contributed by atoms with Crippen LogP contribution in [-0.4, -0.2) is 26.0 Å². The minimum absolute atomic E-state index is 0.175. The van der Waals surface area contributed by atoms with Gasteiger partial charge in [0.1, 0.15) is 5.75 Å². The molecule has 0 bridgehead atoms. The monoisotopic (exact) mass is 298 g/mol. The zero-order valence-corrected chi connectivity index (χ0v) is 11.9. The SMILES string of the molecule is COc1cccc(/C=N\NC(=O)c2ccc3c(c2)OCO3)c1. The number of ether oxygens (including phenoxy) is 3. The lowest BCUT2D eigenvalue weighted by Crippen LogP contribution is -2.17. The predicted octanol–water partition coefficient (Wildman–Crippen LogP) is 2.19. The van der Waals surface area contributed by atoms with Gasteiger partial charge in [-0.25, -0.2) is 5.43 Å². The van der Waals surface area contributed by atoms with Crippen LogP contribution in [0.4, 0.5) is 0 Å². The molecule has 22 heavy (non-hydrogen) atoms. The van der Waals surface area contributed by atoms with Gasteiger partial charge in [0, 0.05) is 5.56 Å². The molecule has 0 fully saturated rings. The van der Waals surface area contributed by atoms with Gasteiger partial charge in [-0.05, 0) is 35.9 Å². The van der Waals surface area contributed by atoms with Crippen molar-refractivity contribution < 1.29 is 19.0 Å². The lowest BCUT2D eigenvalue weighted by Gasteiger charge is -2.02. The number of benzene rings is 2. The van der Waals surface area contributed by atoms with E-state index < -0.39 is 0 Å². The zero-order valence-electron chi connectivity index (χ0n) is 11.9. The molecule has 2 aromatic rings. The molecule has 0 atom stereocenters. The Balaban J connectivity index is 1.65. The number of hydrogen-bond acceptors (Lipinski definition) is 5. The van der Waals surface area contributed by atoms with Crippen LogP contribution in [0, 0.1) is 0 Å². The summed E-state index contributed by atoms with van der Waals surface area (Å²) in [5.74, 6) is 1.60. The Bertz CT molecular complexity index is 728. The highest BCUT2D eigenvalue weighted by atomic mass is 16.7. The number of nitrogens with one attached hydrogen (secondary N) is 1. The second kappa shape index (κ2) is 6.17. The number of hydrazone groups is 1. The molecule has 1 aliphatic rings. The Labute approximate surface area is 127 Å². The van der Waals surface area contributed by atoms with E-state index in [1.807, 2.05) is 24.3 Å². The van der Waals surface area contributed by atoms with Crippen LogP contribution in [0.2, 0.25) is 0 Å². The van der Waals surface area contributed by atoms with E-state index >= 15 is 0 Å². The molecule has 1 amide bonds. The Kier molecular flexibility index (Phi) is 3.91. The Hall–Kier alpha value is -3.02. The normalized spacial score (nSPS) is 12.4. The van der Waals surface area contributed by atoms with Crippen LogP contribution in [0.5, 0.6) is 17.2 Å². The van der Waals surface area contributed by atoms with E-state index in [9.17, 15) is 4.79 Å². The van der Waals surface area contributed by atoms with Crippen LogP contribution >= 0.6 is 0 Å². The van der Waals surface area contributed by atoms with Crippen molar-refractivity contribution in [2.75, 3.05) is 13.9 Å². The van der Waals surface area contributed by atoms with Gasteiger partial charge in [-0.15, -0.1) is 0 Å². The molecule has 0 aromatic heterocycles. The summed E-state index contributed by atoms with van der Waals surface area (Å²) in [5.41, 5.74) is 3.74. The van der Waals surface area contributed by atoms with Crippen molar-refractivity contribution in [2.24, 2.45) is 5.10 Å². The van der Waals surface area contributed by atoms with E-state index in [-0.39, 0.29) is 12.7 Å². The average molecular weight is 298 g/mol. The molecular formula is C16H14N2O4. The number of methoxy groups -OCH3 is 1. The van der Waals surface area contributed by atoms with Crippen molar-refractivity contribution in [3.05, 3.63) is 53.6 Å². The molecule has 0 spiro atoms. The molecule has 1 N–H and O–H groups in total. The number of carbonyl (C=O) groups excluding carboxylic acids is 1. The molecule has 0 aliphatic carbocycles. The number of nitrogens with zero attached hydrogens (tertiary/aromatic N) is 1. The molecule has 3 rings (SSSR count). The van der Waals surface area contributed by atoms with Gasteiger partial charge < -0.3 is 14.2 Å². The van der Waals surface area contributed by atoms with Crippen molar-refractivity contribution in [1.29, 1.82) is 0 Å². The van der Waals surface area contributed by atoms with Crippen molar-refractivity contribution in [1.82, 2.24) is 5.43 Å². The van der Waals surface area contributed by atoms with E-state index in [0.717, 1.165) is 11.3 Å². The topological polar surface area (TPSA) is 69.2 Å². The molecule has 0 radical (unpaired) electrons. The first-order valence-electron chi connectivity index (χ1n) is 6.63. The number of carbonyl (C=O) groups is 1. The van der Waals surface area contributed by atoms with E-state index in [0.29, 0.717) is 17.1 Å². The largest absolute Gasteiger partial charge is 0.497 e. The summed E-state index contributed by atoms with van der Waals surface area (Å²) < 4.78 is 15.6. The van der Waals surface area contributed by atoms with Gasteiger partial charge in [0.05, 0.1) is 13.3 Å². The maximum Gasteiger partial charge on any atom is 0.271 e. The Morgan fingerprint density at radius 2 is 2.09 bits per heavy atom. The minimum Gasteiger partial charge on any atom is -0.497 e. The van der Waals surface area contributed by atoms with Crippen LogP contribution in [0.1, 0.15) is 15.9 Å². The summed E-state index contributed by atoms with van der Waals surface area (Å²) in [4.78, 5) is 12.0. The van der Waals surface area contributed by atoms with Gasteiger partial charge in [-0.3, -0.25) is 4.79 Å². The second-order valence-corrected chi connectivity index (χ2v) is 4.54. The molecule has 0 saturated carbocycles. The number of rotatable bonds is 4. The first-order valence-corrected chi connectivity index (χ1v) is 6.63. The first kappa shape index (κ1) is 13.9. The standard InChI is InChI=1S/C16H14N2O4/c1-20-13-4-2-3-11(7-13)9-17-18-16(19)12-5-6-14-15(8-12)22-10-21-14/h2-9H,10H2,1H3,(H,18,19)/b17-9-. The van der Waals surface area contributed by atoms with Gasteiger partial charge in [0.25, 0.3) is 5.91 Å². The van der Waals surface area contributed by atoms with E-state index in [1.54, 1.807) is 31.5 Å². The fourth-order valence-corrected chi connectivity index (χ4v) is 1.99. The smallest absolute Gasteiger partial charge is 0.271 e. The summed E-state index contributed by atoms with van der Waals surface area (Å²) in [6.07, 6.45) is 1.55. The van der Waals surface area contributed by atoms with Crippen LogP contribution < -0.4 is 19.6 Å². The first-order chi connectivity index (χ1) is 10.8. The van der Waals surface area contributed by atoms with Crippen molar-refractivity contribution in [3.8, 4) is 17.2 Å². The molecule has 0 saturated heterocycles. The second-order valence-electron chi connectivity index (χ2n) is 4.54. The number of fused-ring (bicyclic) bond motifs is 1. The van der Waals surface area contributed by atoms with Gasteiger partial charge in [0.2, 0.25) is 6.79 Å². The molecule has 112 valence electrons. The van der Waals surface area contributed by atoms with Gasteiger partial charge >= 0.3 is 0 Å². The van der Waals surface area contributed by atoms with E-state index in [2.05, 4.69) is 10.5 Å². The fraction of sp³-hybridized carbons (Fsp3) is 0.125. The fourth-order valence-electron chi connectivity index (χ4n) is 1.99. The van der Waals surface area contributed by atoms with Gasteiger partial charge in [-0.1, -0.05) is 12.1 Å². The molecule has 6 nitrogen and oxygen atoms in total. The lowest BCUT2D eigenvalue weighted by molar-refractivity contribution is 0.0954. The number of amides is 1. The van der Waals surface area contributed by atoms with Gasteiger partial charge in [0.15, 0.2) is 11.5 Å². The van der Waals surface area contributed by atoms with E-state index in [1.165, 1.54) is 0 Å². The molecule has 0 unspecified atom stereocenters. The Morgan fingerprint density at radius 1 is 1.23 bits per heavy atom. The average Bonchev–Trinajstić information content (AvgIpc) is 3.02. The number of hydrogen-bond donors (Lipinski definition) is 1. The van der Waals surface area contributed by atoms with Crippen LogP contribution in [0.25, 0.3) is 0 Å². The highest BCUT2D eigenvalue weighted by molar-refractivity contribution is 5.95. The molecule has 6 heteroatoms. The maximum atomic E-state index is 12.0. The highest BCUT2D eigenvalue weighted by Crippen LogP contribution is 2.32. The molecule has 1 aliphatic heterocycles. The summed E-state index contributed by atoms with van der Waals surface area (Å²) in [6.45, 7) is 0.175. The molecule has 1 heterocycles. The zero-order chi connectivity index (χ0) is 15.4. The predicted molar refractivity (Wildman–Crippen MR) is 80.6 cm³/mol. The summed E-state index contributed by atoms with van der Waals surface area (Å²) >= 11 is 0. The van der Waals surface area contributed by atoms with Crippen LogP contribution in [0.15, 0.2) is 47.6 Å². The van der Waals surface area contributed by atoms with Crippen molar-refractivity contribution in [2.45, 2.75) is 0 Å². The van der Waals surface area contributed by atoms with Crippen molar-refractivity contribution in [3.63, 3.8) is 0 Å². The highest BCUT2D eigenvalue weighted by Gasteiger charge is 2.15. The maximum absolute atomic E-state index is 12.0. The third kappa shape index (κ3) is 3.01.